The minimum Gasteiger partial charge on any atom is -0.481 e. The third-order valence-corrected chi connectivity index (χ3v) is 2.35. The number of hydrogen-bond acceptors (Lipinski definition) is 5. The molecule has 0 fully saturated rings. The first kappa shape index (κ1) is 9.97. The molecule has 6 nitrogen and oxygen atoms in total. The fourth-order valence-electron chi connectivity index (χ4n) is 0.693. The summed E-state index contributed by atoms with van der Waals surface area (Å²) in [6, 6.07) is 0. The molecule has 0 saturated heterocycles. The molecule has 0 aliphatic rings. The molecule has 0 bridgehead atoms. The maximum absolute atomic E-state index is 10.2. The van der Waals surface area contributed by atoms with Crippen molar-refractivity contribution < 1.29 is 9.90 Å². The van der Waals surface area contributed by atoms with Crippen LogP contribution < -0.4 is 0 Å². The lowest BCUT2D eigenvalue weighted by atomic mass is 10.5. The van der Waals surface area contributed by atoms with Crippen molar-refractivity contribution in [1.29, 1.82) is 0 Å². The van der Waals surface area contributed by atoms with Crippen molar-refractivity contribution in [1.82, 2.24) is 20.2 Å². The number of carboxylic acid groups (broad SMARTS) is 1. The van der Waals surface area contributed by atoms with Gasteiger partial charge in [0.25, 0.3) is 0 Å². The molecule has 13 heavy (non-hydrogen) atoms. The number of aliphatic carboxylic acids is 1. The molecule has 1 heterocycles. The first-order chi connectivity index (χ1) is 6.20. The van der Waals surface area contributed by atoms with E-state index in [4.69, 9.17) is 5.11 Å². The van der Waals surface area contributed by atoms with Crippen LogP contribution in [0.25, 0.3) is 0 Å². The normalized spacial score (nSPS) is 10.2. The molecule has 7 heteroatoms. The van der Waals surface area contributed by atoms with Gasteiger partial charge in [-0.1, -0.05) is 0 Å². The van der Waals surface area contributed by atoms with E-state index in [1.807, 2.05) is 0 Å². The predicted molar refractivity (Wildman–Crippen MR) is 47.2 cm³/mol. The van der Waals surface area contributed by atoms with Crippen LogP contribution >= 0.6 is 11.8 Å². The molecule has 1 N–H and O–H groups in total. The molecular formula is C6H10N4O2S. The monoisotopic (exact) mass is 202 g/mol. The SMILES string of the molecule is Cn1nnnc1CSCCC(=O)O. The number of carboxylic acids is 1. The minimum atomic E-state index is -0.774. The molecule has 72 valence electrons. The van der Waals surface area contributed by atoms with E-state index in [9.17, 15) is 4.79 Å². The highest BCUT2D eigenvalue weighted by molar-refractivity contribution is 7.98. The zero-order valence-corrected chi connectivity index (χ0v) is 7.99. The first-order valence-corrected chi connectivity index (χ1v) is 4.86. The van der Waals surface area contributed by atoms with Gasteiger partial charge < -0.3 is 5.11 Å². The fourth-order valence-corrected chi connectivity index (χ4v) is 1.58. The molecule has 0 radical (unpaired) electrons. The Bertz CT molecular complexity index is 288. The lowest BCUT2D eigenvalue weighted by molar-refractivity contribution is -0.136. The molecular weight excluding hydrogens is 192 g/mol. The maximum Gasteiger partial charge on any atom is 0.304 e. The maximum atomic E-state index is 10.2. The summed E-state index contributed by atoms with van der Waals surface area (Å²) in [6.45, 7) is 0. The highest BCUT2D eigenvalue weighted by Gasteiger charge is 2.02. The smallest absolute Gasteiger partial charge is 0.304 e. The highest BCUT2D eigenvalue weighted by Crippen LogP contribution is 2.08. The summed E-state index contributed by atoms with van der Waals surface area (Å²) in [7, 11) is 1.76. The van der Waals surface area contributed by atoms with Crippen molar-refractivity contribution >= 4 is 17.7 Å². The van der Waals surface area contributed by atoms with Crippen LogP contribution in [0.3, 0.4) is 0 Å². The fraction of sp³-hybridized carbons (Fsp3) is 0.667. The molecule has 0 aromatic carbocycles. The van der Waals surface area contributed by atoms with Gasteiger partial charge in [-0.25, -0.2) is 4.68 Å². The highest BCUT2D eigenvalue weighted by atomic mass is 32.2. The summed E-state index contributed by atoms with van der Waals surface area (Å²) in [5, 5.41) is 19.3. The average molecular weight is 202 g/mol. The van der Waals surface area contributed by atoms with Crippen LogP contribution in [0.4, 0.5) is 0 Å². The number of aromatic nitrogens is 4. The van der Waals surface area contributed by atoms with Crippen LogP contribution in [0, 0.1) is 0 Å². The Hall–Kier alpha value is -1.11. The summed E-state index contributed by atoms with van der Waals surface area (Å²) < 4.78 is 1.58. The van der Waals surface area contributed by atoms with Gasteiger partial charge >= 0.3 is 5.97 Å². The molecule has 1 aromatic rings. The lowest BCUT2D eigenvalue weighted by Gasteiger charge is -1.97. The number of rotatable bonds is 5. The largest absolute Gasteiger partial charge is 0.481 e. The summed E-state index contributed by atoms with van der Waals surface area (Å²) in [5.74, 6) is 1.22. The molecule has 0 spiro atoms. The predicted octanol–water partition coefficient (Wildman–Crippen LogP) is -0.0820. The molecule has 1 rings (SSSR count). The molecule has 0 amide bonds. The van der Waals surface area contributed by atoms with E-state index in [0.717, 1.165) is 5.82 Å². The molecule has 0 atom stereocenters. The van der Waals surface area contributed by atoms with Gasteiger partial charge in [0.15, 0.2) is 5.82 Å². The standard InChI is InChI=1S/C6H10N4O2S/c1-10-5(7-8-9-10)4-13-3-2-6(11)12/h2-4H2,1H3,(H,11,12). The summed E-state index contributed by atoms with van der Waals surface area (Å²) in [4.78, 5) is 10.2. The van der Waals surface area contributed by atoms with Crippen LogP contribution in [-0.2, 0) is 17.6 Å². The Morgan fingerprint density at radius 2 is 2.46 bits per heavy atom. The third-order valence-electron chi connectivity index (χ3n) is 1.40. The zero-order chi connectivity index (χ0) is 9.68. The minimum absolute atomic E-state index is 0.177. The van der Waals surface area contributed by atoms with E-state index in [-0.39, 0.29) is 6.42 Å². The van der Waals surface area contributed by atoms with Gasteiger partial charge in [0.2, 0.25) is 0 Å². The second-order valence-electron chi connectivity index (χ2n) is 2.42. The quantitative estimate of drug-likeness (QED) is 0.672. The summed E-state index contributed by atoms with van der Waals surface area (Å²) in [5.41, 5.74) is 0. The summed E-state index contributed by atoms with van der Waals surface area (Å²) in [6.07, 6.45) is 0.177. The van der Waals surface area contributed by atoms with E-state index < -0.39 is 5.97 Å². The van der Waals surface area contributed by atoms with Crippen LogP contribution in [0.15, 0.2) is 0 Å². The van der Waals surface area contributed by atoms with Gasteiger partial charge in [0, 0.05) is 12.8 Å². The third kappa shape index (κ3) is 3.41. The Kier molecular flexibility index (Phi) is 3.69. The van der Waals surface area contributed by atoms with E-state index in [1.165, 1.54) is 11.8 Å². The molecule has 0 saturated carbocycles. The Morgan fingerprint density at radius 3 is 3.00 bits per heavy atom. The van der Waals surface area contributed by atoms with Gasteiger partial charge in [-0.3, -0.25) is 4.79 Å². The average Bonchev–Trinajstić information content (AvgIpc) is 2.45. The number of hydrogen-bond donors (Lipinski definition) is 1. The topological polar surface area (TPSA) is 80.9 Å². The molecule has 0 aliphatic carbocycles. The van der Waals surface area contributed by atoms with Crippen molar-refractivity contribution in [3.63, 3.8) is 0 Å². The van der Waals surface area contributed by atoms with Crippen molar-refractivity contribution in [3.8, 4) is 0 Å². The number of thioether (sulfide) groups is 1. The Labute approximate surface area is 79.3 Å². The Morgan fingerprint density at radius 1 is 1.69 bits per heavy atom. The van der Waals surface area contributed by atoms with Crippen molar-refractivity contribution in [2.75, 3.05) is 5.75 Å². The number of aryl methyl sites for hydroxylation is 1. The zero-order valence-electron chi connectivity index (χ0n) is 7.17. The van der Waals surface area contributed by atoms with Crippen LogP contribution in [-0.4, -0.2) is 37.0 Å². The van der Waals surface area contributed by atoms with Gasteiger partial charge in [0.05, 0.1) is 12.2 Å². The number of nitrogens with zero attached hydrogens (tertiary/aromatic N) is 4. The van der Waals surface area contributed by atoms with Crippen LogP contribution in [0.5, 0.6) is 0 Å². The van der Waals surface area contributed by atoms with E-state index >= 15 is 0 Å². The lowest BCUT2D eigenvalue weighted by Crippen LogP contribution is -2.00. The van der Waals surface area contributed by atoms with Gasteiger partial charge in [-0.15, -0.1) is 5.10 Å². The second-order valence-corrected chi connectivity index (χ2v) is 3.52. The van der Waals surface area contributed by atoms with E-state index in [1.54, 1.807) is 11.7 Å². The number of carbonyl (C=O) groups is 1. The van der Waals surface area contributed by atoms with Crippen molar-refractivity contribution in [2.24, 2.45) is 7.05 Å². The molecule has 0 unspecified atom stereocenters. The molecule has 0 aliphatic heterocycles. The molecule has 1 aromatic heterocycles. The van der Waals surface area contributed by atoms with Crippen molar-refractivity contribution in [3.05, 3.63) is 5.82 Å². The van der Waals surface area contributed by atoms with Crippen molar-refractivity contribution in [2.45, 2.75) is 12.2 Å². The Balaban J connectivity index is 2.20. The second kappa shape index (κ2) is 4.80. The van der Waals surface area contributed by atoms with Crippen LogP contribution in [0.1, 0.15) is 12.2 Å². The van der Waals surface area contributed by atoms with E-state index in [2.05, 4.69) is 15.5 Å². The van der Waals surface area contributed by atoms with Gasteiger partial charge in [-0.2, -0.15) is 11.8 Å². The summed E-state index contributed by atoms with van der Waals surface area (Å²) >= 11 is 1.51. The van der Waals surface area contributed by atoms with Gasteiger partial charge in [-0.05, 0) is 10.4 Å². The van der Waals surface area contributed by atoms with Crippen LogP contribution in [0.2, 0.25) is 0 Å². The number of tetrazole rings is 1. The van der Waals surface area contributed by atoms with E-state index in [0.29, 0.717) is 11.5 Å². The first-order valence-electron chi connectivity index (χ1n) is 3.71. The van der Waals surface area contributed by atoms with Gasteiger partial charge in [0.1, 0.15) is 0 Å².